The summed E-state index contributed by atoms with van der Waals surface area (Å²) < 4.78 is 18.2. The highest BCUT2D eigenvalue weighted by Gasteiger charge is 2.25. The average Bonchev–Trinajstić information content (AvgIpc) is 3.39. The van der Waals surface area contributed by atoms with Crippen LogP contribution in [0.4, 0.5) is 0 Å². The minimum absolute atomic E-state index is 0.0222. The van der Waals surface area contributed by atoms with Crippen molar-refractivity contribution in [3.8, 4) is 11.4 Å². The van der Waals surface area contributed by atoms with Crippen molar-refractivity contribution >= 4 is 33.3 Å². The largest absolute Gasteiger partial charge is 0.497 e. The Hall–Kier alpha value is -1.91. The highest BCUT2D eigenvalue weighted by molar-refractivity contribution is 7.99. The fraction of sp³-hybridized carbons (Fsp3) is 0.429. The number of likely N-dealkylation sites (N-methyl/N-ethyl adjacent to an activating group) is 1. The van der Waals surface area contributed by atoms with Gasteiger partial charge in [-0.15, -0.1) is 11.3 Å². The normalized spacial score (nSPS) is 17.5. The molecular formula is C21H23N3O4S2. The molecule has 4 heterocycles. The lowest BCUT2D eigenvalue weighted by atomic mass is 10.1. The molecule has 7 nitrogen and oxygen atoms in total. The van der Waals surface area contributed by atoms with Gasteiger partial charge in [0.2, 0.25) is 0 Å². The van der Waals surface area contributed by atoms with Crippen molar-refractivity contribution in [2.75, 3.05) is 39.7 Å². The third-order valence-corrected chi connectivity index (χ3v) is 7.47. The van der Waals surface area contributed by atoms with Crippen molar-refractivity contribution < 1.29 is 14.2 Å². The number of hydrogen-bond donors (Lipinski definition) is 0. The summed E-state index contributed by atoms with van der Waals surface area (Å²) in [6.45, 7) is 3.02. The molecule has 0 aliphatic carbocycles. The number of thioether (sulfide) groups is 1. The van der Waals surface area contributed by atoms with Gasteiger partial charge in [-0.05, 0) is 31.2 Å². The van der Waals surface area contributed by atoms with E-state index in [1.54, 1.807) is 23.0 Å². The second-order valence-corrected chi connectivity index (χ2v) is 9.46. The average molecular weight is 446 g/mol. The number of benzene rings is 1. The van der Waals surface area contributed by atoms with E-state index in [0.29, 0.717) is 29.9 Å². The first kappa shape index (κ1) is 20.0. The Morgan fingerprint density at radius 2 is 2.17 bits per heavy atom. The van der Waals surface area contributed by atoms with E-state index < -0.39 is 0 Å². The van der Waals surface area contributed by atoms with Crippen molar-refractivity contribution in [3.05, 3.63) is 45.1 Å². The van der Waals surface area contributed by atoms with E-state index in [9.17, 15) is 4.79 Å². The maximum Gasteiger partial charge on any atom is 0.267 e. The minimum Gasteiger partial charge on any atom is -0.497 e. The molecule has 2 aromatic heterocycles. The van der Waals surface area contributed by atoms with Gasteiger partial charge < -0.3 is 19.1 Å². The summed E-state index contributed by atoms with van der Waals surface area (Å²) in [5.74, 6) is 1.28. The van der Waals surface area contributed by atoms with E-state index in [1.807, 2.05) is 24.3 Å². The predicted molar refractivity (Wildman–Crippen MR) is 118 cm³/mol. The van der Waals surface area contributed by atoms with Gasteiger partial charge >= 0.3 is 0 Å². The lowest BCUT2D eigenvalue weighted by molar-refractivity contribution is -0.0215. The Balaban J connectivity index is 1.66. The zero-order chi connectivity index (χ0) is 20.7. The molecule has 2 aliphatic rings. The monoisotopic (exact) mass is 445 g/mol. The third-order valence-electron chi connectivity index (χ3n) is 5.39. The molecule has 5 rings (SSSR count). The van der Waals surface area contributed by atoms with Crippen LogP contribution in [0.25, 0.3) is 15.9 Å². The molecule has 158 valence electrons. The Morgan fingerprint density at radius 3 is 2.97 bits per heavy atom. The molecule has 9 heteroatoms. The summed E-state index contributed by atoms with van der Waals surface area (Å²) in [6, 6.07) is 7.54. The zero-order valence-electron chi connectivity index (χ0n) is 16.9. The van der Waals surface area contributed by atoms with Gasteiger partial charge in [0.15, 0.2) is 11.4 Å². The number of methoxy groups -OCH3 is 1. The first-order valence-electron chi connectivity index (χ1n) is 9.90. The van der Waals surface area contributed by atoms with Crippen molar-refractivity contribution in [2.24, 2.45) is 0 Å². The van der Waals surface area contributed by atoms with Crippen LogP contribution in [0, 0.1) is 0 Å². The highest BCUT2D eigenvalue weighted by atomic mass is 32.2. The lowest BCUT2D eigenvalue weighted by Gasteiger charge is -2.21. The van der Waals surface area contributed by atoms with Gasteiger partial charge in [-0.25, -0.2) is 4.98 Å². The molecular weight excluding hydrogens is 422 g/mol. The predicted octanol–water partition coefficient (Wildman–Crippen LogP) is 2.91. The summed E-state index contributed by atoms with van der Waals surface area (Å²) in [5.41, 5.74) is 1.88. The summed E-state index contributed by atoms with van der Waals surface area (Å²) in [6.07, 6.45) is 0.600. The first-order chi connectivity index (χ1) is 14.6. The smallest absolute Gasteiger partial charge is 0.267 e. The van der Waals surface area contributed by atoms with Crippen LogP contribution < -0.4 is 10.3 Å². The molecule has 0 unspecified atom stereocenters. The molecule has 0 atom stereocenters. The van der Waals surface area contributed by atoms with Crippen LogP contribution in [0.1, 0.15) is 10.4 Å². The maximum atomic E-state index is 13.8. The summed E-state index contributed by atoms with van der Waals surface area (Å²) in [7, 11) is 3.73. The second-order valence-electron chi connectivity index (χ2n) is 7.39. The number of hydrogen-bond acceptors (Lipinski definition) is 8. The number of fused-ring (bicyclic) bond motifs is 3. The van der Waals surface area contributed by atoms with E-state index in [4.69, 9.17) is 19.2 Å². The van der Waals surface area contributed by atoms with Crippen molar-refractivity contribution in [2.45, 2.75) is 24.4 Å². The molecule has 3 aromatic rings. The van der Waals surface area contributed by atoms with Crippen LogP contribution >= 0.6 is 23.1 Å². The van der Waals surface area contributed by atoms with Crippen LogP contribution in [0.2, 0.25) is 0 Å². The van der Waals surface area contributed by atoms with Gasteiger partial charge in [0.25, 0.3) is 5.56 Å². The van der Waals surface area contributed by atoms with Gasteiger partial charge in [0, 0.05) is 24.0 Å². The Kier molecular flexibility index (Phi) is 5.55. The van der Waals surface area contributed by atoms with Crippen LogP contribution in [0.15, 0.2) is 34.2 Å². The van der Waals surface area contributed by atoms with Crippen LogP contribution in [-0.4, -0.2) is 60.4 Å². The van der Waals surface area contributed by atoms with Crippen LogP contribution in [-0.2, 0) is 22.4 Å². The van der Waals surface area contributed by atoms with Crippen molar-refractivity contribution in [3.63, 3.8) is 0 Å². The molecule has 2 aliphatic heterocycles. The van der Waals surface area contributed by atoms with Crippen molar-refractivity contribution in [1.29, 1.82) is 0 Å². The fourth-order valence-corrected chi connectivity index (χ4v) is 6.17. The number of nitrogens with zero attached hydrogens (tertiary/aromatic N) is 3. The van der Waals surface area contributed by atoms with E-state index in [1.165, 1.54) is 16.6 Å². The zero-order valence-corrected chi connectivity index (χ0v) is 18.6. The number of thiophene rings is 1. The van der Waals surface area contributed by atoms with E-state index in [2.05, 4.69) is 11.9 Å². The maximum absolute atomic E-state index is 13.8. The standard InChI is InChI=1S/C21H23N3O4S2/c1-23-7-6-15-16(11-23)30-19-18(15)20(25)24(13-4-3-5-14(10-13)26-2)21(22-19)29-12-17-27-8-9-28-17/h3-5,10,17H,6-9,11-12H2,1-2H3. The Bertz CT molecular complexity index is 1140. The van der Waals surface area contributed by atoms with Crippen molar-refractivity contribution in [1.82, 2.24) is 14.5 Å². The number of rotatable bonds is 5. The quantitative estimate of drug-likeness (QED) is 0.442. The highest BCUT2D eigenvalue weighted by Crippen LogP contribution is 2.34. The van der Waals surface area contributed by atoms with Gasteiger partial charge in [-0.1, -0.05) is 17.8 Å². The Labute approximate surface area is 182 Å². The first-order valence-corrected chi connectivity index (χ1v) is 11.7. The van der Waals surface area contributed by atoms with Gasteiger partial charge in [-0.2, -0.15) is 0 Å². The third kappa shape index (κ3) is 3.65. The lowest BCUT2D eigenvalue weighted by Crippen LogP contribution is -2.27. The van der Waals surface area contributed by atoms with Gasteiger partial charge in [0.05, 0.1) is 37.2 Å². The summed E-state index contributed by atoms with van der Waals surface area (Å²) >= 11 is 3.12. The van der Waals surface area contributed by atoms with Crippen LogP contribution in [0.5, 0.6) is 5.75 Å². The molecule has 0 spiro atoms. The minimum atomic E-state index is -0.272. The van der Waals surface area contributed by atoms with Crippen LogP contribution in [0.3, 0.4) is 0 Å². The second kappa shape index (κ2) is 8.32. The molecule has 0 amide bonds. The molecule has 1 aromatic carbocycles. The van der Waals surface area contributed by atoms with E-state index in [0.717, 1.165) is 41.0 Å². The summed E-state index contributed by atoms with van der Waals surface area (Å²) in [5, 5.41) is 1.40. The van der Waals surface area contributed by atoms with E-state index in [-0.39, 0.29) is 11.8 Å². The summed E-state index contributed by atoms with van der Waals surface area (Å²) in [4.78, 5) is 23.0. The number of ether oxygens (including phenoxy) is 3. The molecule has 0 saturated carbocycles. The molecule has 30 heavy (non-hydrogen) atoms. The fourth-order valence-electron chi connectivity index (χ4n) is 3.87. The molecule has 0 bridgehead atoms. The molecule has 1 fully saturated rings. The molecule has 0 radical (unpaired) electrons. The van der Waals surface area contributed by atoms with Gasteiger partial charge in [0.1, 0.15) is 10.6 Å². The van der Waals surface area contributed by atoms with Gasteiger partial charge in [-0.3, -0.25) is 9.36 Å². The molecule has 0 N–H and O–H groups in total. The SMILES string of the molecule is COc1cccc(-n2c(SCC3OCCO3)nc3sc4c(c3c2=O)CCN(C)C4)c1. The topological polar surface area (TPSA) is 65.8 Å². The Morgan fingerprint density at radius 1 is 1.33 bits per heavy atom. The molecule has 1 saturated heterocycles. The number of aromatic nitrogens is 2. The van der Waals surface area contributed by atoms with E-state index >= 15 is 0 Å².